The Labute approximate surface area is 127 Å². The van der Waals surface area contributed by atoms with Gasteiger partial charge in [0, 0.05) is 24.8 Å². The van der Waals surface area contributed by atoms with E-state index in [4.69, 9.17) is 16.0 Å². The Morgan fingerprint density at radius 2 is 2.10 bits per heavy atom. The molecule has 5 heteroatoms. The summed E-state index contributed by atoms with van der Waals surface area (Å²) >= 11 is 5.76. The number of fused-ring (bicyclic) bond motifs is 1. The van der Waals surface area contributed by atoms with Crippen molar-refractivity contribution >= 4 is 28.4 Å². The molecule has 1 amide bonds. The molecule has 0 aliphatic carbocycles. The first-order valence-electron chi connectivity index (χ1n) is 6.81. The van der Waals surface area contributed by atoms with Gasteiger partial charge in [-0.05, 0) is 41.6 Å². The minimum Gasteiger partial charge on any atom is -0.452 e. The van der Waals surface area contributed by atoms with Crippen LogP contribution in [0.1, 0.15) is 16.8 Å². The summed E-state index contributed by atoms with van der Waals surface area (Å²) < 4.78 is 7.09. The van der Waals surface area contributed by atoms with Crippen LogP contribution >= 0.6 is 11.6 Å². The fraction of sp³-hybridized carbons (Fsp3) is 0.188. The molecular formula is C16H15ClN2O2. The van der Waals surface area contributed by atoms with Crippen LogP contribution in [0.2, 0.25) is 5.22 Å². The predicted octanol–water partition coefficient (Wildman–Crippen LogP) is 3.71. The lowest BCUT2D eigenvalue weighted by Crippen LogP contribution is -2.25. The fourth-order valence-electron chi connectivity index (χ4n) is 2.34. The number of carbonyl (C=O) groups excluding carboxylic acids is 1. The number of rotatable bonds is 5. The van der Waals surface area contributed by atoms with E-state index in [1.807, 2.05) is 12.1 Å². The van der Waals surface area contributed by atoms with Gasteiger partial charge in [-0.3, -0.25) is 4.79 Å². The number of para-hydroxylation sites is 1. The number of halogens is 1. The number of hydrogen-bond acceptors (Lipinski definition) is 2. The van der Waals surface area contributed by atoms with Gasteiger partial charge in [-0.15, -0.1) is 0 Å². The van der Waals surface area contributed by atoms with Crippen LogP contribution in [-0.2, 0) is 6.54 Å². The number of hydrogen-bond donors (Lipinski definition) is 1. The van der Waals surface area contributed by atoms with Gasteiger partial charge >= 0.3 is 0 Å². The second kappa shape index (κ2) is 6.06. The largest absolute Gasteiger partial charge is 0.452 e. The van der Waals surface area contributed by atoms with E-state index in [0.717, 1.165) is 13.0 Å². The number of benzene rings is 1. The Balaban J connectivity index is 1.53. The van der Waals surface area contributed by atoms with Crippen molar-refractivity contribution in [2.24, 2.45) is 0 Å². The second-order valence-electron chi connectivity index (χ2n) is 4.79. The molecule has 0 atom stereocenters. The van der Waals surface area contributed by atoms with Crippen LogP contribution in [0.5, 0.6) is 0 Å². The zero-order valence-electron chi connectivity index (χ0n) is 11.4. The van der Waals surface area contributed by atoms with E-state index in [0.29, 0.717) is 12.1 Å². The van der Waals surface area contributed by atoms with E-state index in [1.165, 1.54) is 17.2 Å². The molecule has 0 spiro atoms. The molecule has 0 aliphatic rings. The van der Waals surface area contributed by atoms with E-state index in [9.17, 15) is 4.79 Å². The summed E-state index contributed by atoms with van der Waals surface area (Å²) in [6.45, 7) is 1.44. The lowest BCUT2D eigenvalue weighted by molar-refractivity contribution is 0.0952. The minimum atomic E-state index is -0.203. The number of aromatic nitrogens is 1. The van der Waals surface area contributed by atoms with Crippen LogP contribution < -0.4 is 5.32 Å². The second-order valence-corrected chi connectivity index (χ2v) is 5.13. The van der Waals surface area contributed by atoms with E-state index in [-0.39, 0.29) is 11.1 Å². The number of nitrogens with zero attached hydrogens (tertiary/aromatic N) is 1. The highest BCUT2D eigenvalue weighted by Gasteiger charge is 2.11. The summed E-state index contributed by atoms with van der Waals surface area (Å²) in [6.07, 6.45) is 4.32. The topological polar surface area (TPSA) is 47.2 Å². The normalized spacial score (nSPS) is 10.9. The van der Waals surface area contributed by atoms with E-state index >= 15 is 0 Å². The maximum atomic E-state index is 11.8. The van der Waals surface area contributed by atoms with Crippen molar-refractivity contribution in [1.29, 1.82) is 0 Å². The lowest BCUT2D eigenvalue weighted by atomic mass is 10.2. The van der Waals surface area contributed by atoms with Crippen molar-refractivity contribution in [3.05, 3.63) is 59.6 Å². The summed E-state index contributed by atoms with van der Waals surface area (Å²) in [4.78, 5) is 11.8. The minimum absolute atomic E-state index is 0.129. The molecule has 0 saturated carbocycles. The Hall–Kier alpha value is -2.20. The molecule has 0 saturated heterocycles. The molecule has 0 aliphatic heterocycles. The van der Waals surface area contributed by atoms with Crippen LogP contribution in [0.4, 0.5) is 0 Å². The molecule has 0 radical (unpaired) electrons. The third-order valence-electron chi connectivity index (χ3n) is 3.40. The maximum absolute atomic E-state index is 11.8. The first-order valence-corrected chi connectivity index (χ1v) is 7.18. The van der Waals surface area contributed by atoms with Crippen LogP contribution in [0, 0.1) is 0 Å². The van der Waals surface area contributed by atoms with Gasteiger partial charge in [-0.1, -0.05) is 18.2 Å². The van der Waals surface area contributed by atoms with Gasteiger partial charge in [0.25, 0.3) is 5.91 Å². The van der Waals surface area contributed by atoms with Crippen molar-refractivity contribution in [1.82, 2.24) is 9.88 Å². The number of nitrogens with one attached hydrogen (secondary N) is 1. The SMILES string of the molecule is O=C(NCCCn1ccc2ccccc21)c1ccoc1Cl. The lowest BCUT2D eigenvalue weighted by Gasteiger charge is -2.06. The average Bonchev–Trinajstić information content (AvgIpc) is 3.10. The van der Waals surface area contributed by atoms with Crippen molar-refractivity contribution in [3.63, 3.8) is 0 Å². The van der Waals surface area contributed by atoms with Crippen molar-refractivity contribution in [2.75, 3.05) is 6.54 Å². The van der Waals surface area contributed by atoms with Gasteiger partial charge in [0.1, 0.15) is 0 Å². The standard InChI is InChI=1S/C16H15ClN2O2/c17-15-13(7-11-21-15)16(20)18-8-3-9-19-10-6-12-4-1-2-5-14(12)19/h1-2,4-7,10-11H,3,8-9H2,(H,18,20). The molecule has 1 N–H and O–H groups in total. The average molecular weight is 303 g/mol. The van der Waals surface area contributed by atoms with Gasteiger partial charge in [-0.2, -0.15) is 0 Å². The summed E-state index contributed by atoms with van der Waals surface area (Å²) in [5.41, 5.74) is 1.59. The summed E-state index contributed by atoms with van der Waals surface area (Å²) in [6, 6.07) is 11.9. The smallest absolute Gasteiger partial charge is 0.256 e. The number of amides is 1. The van der Waals surface area contributed by atoms with Crippen molar-refractivity contribution in [2.45, 2.75) is 13.0 Å². The Morgan fingerprint density at radius 3 is 2.90 bits per heavy atom. The van der Waals surface area contributed by atoms with Crippen LogP contribution in [0.25, 0.3) is 10.9 Å². The maximum Gasteiger partial charge on any atom is 0.256 e. The Morgan fingerprint density at radius 1 is 1.24 bits per heavy atom. The molecule has 4 nitrogen and oxygen atoms in total. The molecule has 1 aromatic carbocycles. The molecule has 3 aromatic rings. The summed E-state index contributed by atoms with van der Waals surface area (Å²) in [5, 5.41) is 4.20. The molecule has 2 heterocycles. The molecule has 0 fully saturated rings. The third-order valence-corrected chi connectivity index (χ3v) is 3.70. The van der Waals surface area contributed by atoms with E-state index in [1.54, 1.807) is 6.07 Å². The summed E-state index contributed by atoms with van der Waals surface area (Å²) in [5.74, 6) is -0.203. The van der Waals surface area contributed by atoms with Gasteiger partial charge in [-0.25, -0.2) is 0 Å². The highest BCUT2D eigenvalue weighted by molar-refractivity contribution is 6.32. The molecule has 0 unspecified atom stereocenters. The Bertz CT molecular complexity index is 760. The van der Waals surface area contributed by atoms with Gasteiger partial charge < -0.3 is 14.3 Å². The first kappa shape index (κ1) is 13.8. The monoisotopic (exact) mass is 302 g/mol. The first-order chi connectivity index (χ1) is 10.3. The van der Waals surface area contributed by atoms with Crippen LogP contribution in [0.3, 0.4) is 0 Å². The van der Waals surface area contributed by atoms with Crippen LogP contribution in [0.15, 0.2) is 53.3 Å². The van der Waals surface area contributed by atoms with Gasteiger partial charge in [0.15, 0.2) is 0 Å². The summed E-state index contributed by atoms with van der Waals surface area (Å²) in [7, 11) is 0. The Kier molecular flexibility index (Phi) is 3.97. The van der Waals surface area contributed by atoms with Gasteiger partial charge in [0.05, 0.1) is 11.8 Å². The molecular weight excluding hydrogens is 288 g/mol. The van der Waals surface area contributed by atoms with Crippen molar-refractivity contribution < 1.29 is 9.21 Å². The molecule has 3 rings (SSSR count). The zero-order valence-corrected chi connectivity index (χ0v) is 12.1. The number of carbonyl (C=O) groups is 1. The molecule has 108 valence electrons. The number of aryl methyl sites for hydroxylation is 1. The molecule has 21 heavy (non-hydrogen) atoms. The van der Waals surface area contributed by atoms with Gasteiger partial charge in [0.2, 0.25) is 5.22 Å². The quantitative estimate of drug-likeness (QED) is 0.730. The highest BCUT2D eigenvalue weighted by Crippen LogP contribution is 2.17. The zero-order chi connectivity index (χ0) is 14.7. The molecule has 2 aromatic heterocycles. The highest BCUT2D eigenvalue weighted by atomic mass is 35.5. The predicted molar refractivity (Wildman–Crippen MR) is 82.6 cm³/mol. The van der Waals surface area contributed by atoms with Crippen LogP contribution in [-0.4, -0.2) is 17.0 Å². The number of furan rings is 1. The third kappa shape index (κ3) is 2.95. The van der Waals surface area contributed by atoms with E-state index in [2.05, 4.69) is 34.3 Å². The molecule has 0 bridgehead atoms. The fourth-order valence-corrected chi connectivity index (χ4v) is 2.54. The van der Waals surface area contributed by atoms with Crippen molar-refractivity contribution in [3.8, 4) is 0 Å². The van der Waals surface area contributed by atoms with E-state index < -0.39 is 0 Å².